The van der Waals surface area contributed by atoms with E-state index in [2.05, 4.69) is 59.8 Å². The van der Waals surface area contributed by atoms with Gasteiger partial charge in [-0.1, -0.05) is 71.0 Å². The molecule has 1 unspecified atom stereocenters. The number of benzene rings is 1. The Bertz CT molecular complexity index is 581. The van der Waals surface area contributed by atoms with Crippen LogP contribution in [0.2, 0.25) is 5.54 Å². The zero-order valence-electron chi connectivity index (χ0n) is 15.3. The maximum Gasteiger partial charge on any atom is 0.0674 e. The van der Waals surface area contributed by atoms with Crippen molar-refractivity contribution in [3.8, 4) is 0 Å². The molecule has 1 atom stereocenters. The van der Waals surface area contributed by atoms with Crippen molar-refractivity contribution < 1.29 is 0 Å². The Kier molecular flexibility index (Phi) is 5.85. The van der Waals surface area contributed by atoms with Crippen LogP contribution in [0.15, 0.2) is 34.9 Å². The molecule has 0 nitrogen and oxygen atoms in total. The fraction of sp³-hybridized carbons (Fsp3) is 0.524. The van der Waals surface area contributed by atoms with Crippen molar-refractivity contribution in [2.75, 3.05) is 0 Å². The number of allylic oxidation sites excluding steroid dienone is 4. The van der Waals surface area contributed by atoms with E-state index >= 15 is 0 Å². The van der Waals surface area contributed by atoms with Gasteiger partial charge in [0.15, 0.2) is 0 Å². The molecule has 0 aromatic heterocycles. The molecular weight excluding hydrogens is 280 g/mol. The lowest BCUT2D eigenvalue weighted by Gasteiger charge is -2.18. The van der Waals surface area contributed by atoms with Gasteiger partial charge in [0.05, 0.1) is 9.52 Å². The first kappa shape index (κ1) is 17.3. The lowest BCUT2D eigenvalue weighted by atomic mass is 10.0. The summed E-state index contributed by atoms with van der Waals surface area (Å²) in [6, 6.07) is 4.74. The SMILES string of the molecule is CCCCCC1=C(C)C(C)=CC1[SiH2]c1c(C)cc(C)cc1C. The summed E-state index contributed by atoms with van der Waals surface area (Å²) in [7, 11) is -0.288. The third-order valence-electron chi connectivity index (χ3n) is 5.29. The van der Waals surface area contributed by atoms with Crippen molar-refractivity contribution >= 4 is 14.7 Å². The highest BCUT2D eigenvalue weighted by Gasteiger charge is 2.23. The van der Waals surface area contributed by atoms with Crippen LogP contribution < -0.4 is 5.19 Å². The fourth-order valence-corrected chi connectivity index (χ4v) is 6.45. The third-order valence-corrected chi connectivity index (χ3v) is 7.98. The molecule has 1 aliphatic rings. The summed E-state index contributed by atoms with van der Waals surface area (Å²) >= 11 is 0. The first-order valence-electron chi connectivity index (χ1n) is 8.89. The van der Waals surface area contributed by atoms with Crippen molar-refractivity contribution in [3.05, 3.63) is 51.6 Å². The third kappa shape index (κ3) is 3.81. The summed E-state index contributed by atoms with van der Waals surface area (Å²) < 4.78 is 0. The van der Waals surface area contributed by atoms with E-state index in [1.54, 1.807) is 16.3 Å². The maximum atomic E-state index is 2.57. The molecule has 0 fully saturated rings. The molecule has 0 heterocycles. The number of aryl methyl sites for hydroxylation is 3. The Morgan fingerprint density at radius 3 is 2.18 bits per heavy atom. The molecule has 1 heteroatoms. The molecule has 22 heavy (non-hydrogen) atoms. The average Bonchev–Trinajstić information content (AvgIpc) is 2.70. The molecule has 120 valence electrons. The molecule has 0 aliphatic heterocycles. The van der Waals surface area contributed by atoms with E-state index in [1.165, 1.54) is 47.9 Å². The Balaban J connectivity index is 2.21. The lowest BCUT2D eigenvalue weighted by Crippen LogP contribution is -2.25. The summed E-state index contributed by atoms with van der Waals surface area (Å²) in [6.45, 7) is 13.8. The van der Waals surface area contributed by atoms with Gasteiger partial charge in [0.25, 0.3) is 0 Å². The van der Waals surface area contributed by atoms with Crippen LogP contribution in [0.3, 0.4) is 0 Å². The minimum absolute atomic E-state index is 0.288. The van der Waals surface area contributed by atoms with Crippen molar-refractivity contribution in [3.63, 3.8) is 0 Å². The molecule has 0 saturated carbocycles. The molecular formula is C21H32Si. The summed E-state index contributed by atoms with van der Waals surface area (Å²) in [6.07, 6.45) is 7.93. The molecule has 0 bridgehead atoms. The van der Waals surface area contributed by atoms with Crippen LogP contribution in [0.25, 0.3) is 0 Å². The van der Waals surface area contributed by atoms with Gasteiger partial charge in [0, 0.05) is 0 Å². The van der Waals surface area contributed by atoms with E-state index in [0.717, 1.165) is 5.54 Å². The van der Waals surface area contributed by atoms with Crippen molar-refractivity contribution in [1.82, 2.24) is 0 Å². The molecule has 1 aliphatic carbocycles. The molecule has 0 spiro atoms. The Hall–Kier alpha value is -1.08. The first-order valence-corrected chi connectivity index (χ1v) is 10.4. The zero-order chi connectivity index (χ0) is 16.3. The normalized spacial score (nSPS) is 18.6. The van der Waals surface area contributed by atoms with Crippen LogP contribution in [0.5, 0.6) is 0 Å². The second kappa shape index (κ2) is 7.46. The van der Waals surface area contributed by atoms with Crippen LogP contribution in [0, 0.1) is 20.8 Å². The number of rotatable bonds is 6. The number of hydrogen-bond donors (Lipinski definition) is 0. The molecule has 0 radical (unpaired) electrons. The van der Waals surface area contributed by atoms with E-state index in [4.69, 9.17) is 0 Å². The van der Waals surface area contributed by atoms with E-state index in [-0.39, 0.29) is 9.52 Å². The zero-order valence-corrected chi connectivity index (χ0v) is 16.8. The quantitative estimate of drug-likeness (QED) is 0.509. The van der Waals surface area contributed by atoms with Gasteiger partial charge in [-0.25, -0.2) is 0 Å². The lowest BCUT2D eigenvalue weighted by molar-refractivity contribution is 0.706. The summed E-state index contributed by atoms with van der Waals surface area (Å²) in [5.41, 5.74) is 10.1. The van der Waals surface area contributed by atoms with Gasteiger partial charge < -0.3 is 0 Å². The van der Waals surface area contributed by atoms with Crippen molar-refractivity contribution in [2.24, 2.45) is 0 Å². The first-order chi connectivity index (χ1) is 10.4. The second-order valence-electron chi connectivity index (χ2n) is 7.14. The molecule has 2 rings (SSSR count). The van der Waals surface area contributed by atoms with Crippen molar-refractivity contribution in [1.29, 1.82) is 0 Å². The van der Waals surface area contributed by atoms with Gasteiger partial charge in [0.1, 0.15) is 0 Å². The van der Waals surface area contributed by atoms with Gasteiger partial charge in [-0.3, -0.25) is 0 Å². The average molecular weight is 313 g/mol. The minimum atomic E-state index is -0.288. The fourth-order valence-electron chi connectivity index (χ4n) is 3.93. The van der Waals surface area contributed by atoms with Gasteiger partial charge in [-0.05, 0) is 58.6 Å². The van der Waals surface area contributed by atoms with Crippen LogP contribution in [0.1, 0.15) is 63.1 Å². The molecule has 1 aromatic rings. The summed E-state index contributed by atoms with van der Waals surface area (Å²) in [5.74, 6) is 0. The maximum absolute atomic E-state index is 2.57. The highest BCUT2D eigenvalue weighted by Crippen LogP contribution is 2.37. The van der Waals surface area contributed by atoms with Crippen LogP contribution in [-0.2, 0) is 0 Å². The van der Waals surface area contributed by atoms with Crippen LogP contribution in [-0.4, -0.2) is 9.52 Å². The molecule has 1 aromatic carbocycles. The van der Waals surface area contributed by atoms with E-state index in [9.17, 15) is 0 Å². The Morgan fingerprint density at radius 1 is 0.955 bits per heavy atom. The monoisotopic (exact) mass is 312 g/mol. The second-order valence-corrected chi connectivity index (χ2v) is 9.14. The Morgan fingerprint density at radius 2 is 1.59 bits per heavy atom. The highest BCUT2D eigenvalue weighted by atomic mass is 28.2. The summed E-state index contributed by atoms with van der Waals surface area (Å²) in [5, 5.41) is 1.70. The van der Waals surface area contributed by atoms with Gasteiger partial charge in [0.2, 0.25) is 0 Å². The van der Waals surface area contributed by atoms with Gasteiger partial charge in [-0.2, -0.15) is 0 Å². The predicted molar refractivity (Wildman–Crippen MR) is 103 cm³/mol. The standard InChI is InChI=1S/C21H32Si/c1-7-8-9-10-19-18(6)15(3)13-20(19)22-21-16(4)11-14(2)12-17(21)5/h11-13,20H,7-10,22H2,1-6H3. The molecule has 0 N–H and O–H groups in total. The van der Waals surface area contributed by atoms with Gasteiger partial charge >= 0.3 is 0 Å². The van der Waals surface area contributed by atoms with E-state index in [0.29, 0.717) is 0 Å². The predicted octanol–water partition coefficient (Wildman–Crippen LogP) is 5.05. The smallest absolute Gasteiger partial charge is 0.0674 e. The van der Waals surface area contributed by atoms with Crippen LogP contribution in [0.4, 0.5) is 0 Å². The van der Waals surface area contributed by atoms with Crippen molar-refractivity contribution in [2.45, 2.75) is 72.8 Å². The van der Waals surface area contributed by atoms with Gasteiger partial charge in [-0.15, -0.1) is 0 Å². The number of unbranched alkanes of at least 4 members (excludes halogenated alkanes) is 2. The van der Waals surface area contributed by atoms with Crippen LogP contribution >= 0.6 is 0 Å². The largest absolute Gasteiger partial charge is 0.0771 e. The number of hydrogen-bond acceptors (Lipinski definition) is 0. The highest BCUT2D eigenvalue weighted by molar-refractivity contribution is 6.57. The minimum Gasteiger partial charge on any atom is -0.0771 e. The van der Waals surface area contributed by atoms with E-state index in [1.807, 2.05) is 0 Å². The topological polar surface area (TPSA) is 0 Å². The summed E-state index contributed by atoms with van der Waals surface area (Å²) in [4.78, 5) is 0. The Labute approximate surface area is 139 Å². The van der Waals surface area contributed by atoms with E-state index < -0.39 is 0 Å². The molecule has 0 saturated heterocycles. The molecule has 0 amide bonds.